The fraction of sp³-hybridized carbons (Fsp3) is 0.571. The third-order valence-electron chi connectivity index (χ3n) is 3.30. The molecule has 0 bridgehead atoms. The van der Waals surface area contributed by atoms with Gasteiger partial charge >= 0.3 is 6.36 Å². The van der Waals surface area contributed by atoms with Gasteiger partial charge in [-0.15, -0.1) is 13.2 Å². The molecule has 1 aliphatic heterocycles. The highest BCUT2D eigenvalue weighted by Gasteiger charge is 2.40. The van der Waals surface area contributed by atoms with Crippen LogP contribution >= 0.6 is 0 Å². The summed E-state index contributed by atoms with van der Waals surface area (Å²) in [6, 6.07) is 1.53. The molecule has 0 spiro atoms. The predicted molar refractivity (Wildman–Crippen MR) is 76.2 cm³/mol. The summed E-state index contributed by atoms with van der Waals surface area (Å²) in [7, 11) is 2.82. The van der Waals surface area contributed by atoms with Crippen LogP contribution in [0.4, 0.5) is 36.4 Å². The smallest absolute Gasteiger partial charge is 0.491 e. The van der Waals surface area contributed by atoms with Crippen LogP contribution in [0.5, 0.6) is 11.5 Å². The quantitative estimate of drug-likeness (QED) is 0.742. The van der Waals surface area contributed by atoms with E-state index >= 15 is 0 Å². The van der Waals surface area contributed by atoms with Crippen LogP contribution in [0.15, 0.2) is 12.1 Å². The molecule has 144 valence electrons. The molecule has 0 aromatic heterocycles. The van der Waals surface area contributed by atoms with Crippen molar-refractivity contribution in [2.24, 2.45) is 0 Å². The maximum atomic E-state index is 14.1. The summed E-state index contributed by atoms with van der Waals surface area (Å²) in [5.41, 5.74) is -0.382. The lowest BCUT2D eigenvalue weighted by atomic mass is 10.1. The molecule has 1 aromatic rings. The molecule has 25 heavy (non-hydrogen) atoms. The molecular formula is C14H17F7N2O2. The number of hydrazine groups is 1. The van der Waals surface area contributed by atoms with Crippen molar-refractivity contribution in [3.8, 4) is 11.5 Å². The van der Waals surface area contributed by atoms with Crippen molar-refractivity contribution in [1.82, 2.24) is 5.01 Å². The Morgan fingerprint density at radius 3 is 2.24 bits per heavy atom. The van der Waals surface area contributed by atoms with Crippen molar-refractivity contribution in [3.05, 3.63) is 17.9 Å². The molecule has 1 heterocycles. The third kappa shape index (κ3) is 5.28. The number of methoxy groups -OCH3 is 1. The Labute approximate surface area is 139 Å². The second kappa shape index (κ2) is 7.98. The van der Waals surface area contributed by atoms with Gasteiger partial charge in [0.2, 0.25) is 0 Å². The van der Waals surface area contributed by atoms with Crippen molar-refractivity contribution < 1.29 is 40.2 Å². The molecule has 0 aliphatic carbocycles. The van der Waals surface area contributed by atoms with Crippen molar-refractivity contribution in [3.63, 3.8) is 0 Å². The first-order chi connectivity index (χ1) is 11.5. The highest BCUT2D eigenvalue weighted by atomic mass is 19.4. The third-order valence-corrected chi connectivity index (χ3v) is 3.30. The fourth-order valence-electron chi connectivity index (χ4n) is 2.39. The number of nitrogens with zero attached hydrogens (tertiary/aromatic N) is 2. The average molecular weight is 378 g/mol. The summed E-state index contributed by atoms with van der Waals surface area (Å²) in [6.07, 6.45) is -5.56. The van der Waals surface area contributed by atoms with Gasteiger partial charge in [-0.3, -0.25) is 9.40 Å². The highest BCUT2D eigenvalue weighted by molar-refractivity contribution is 5.65. The SMILES string of the molecule is CF.COc1c(OC(F)(F)F)ccc(F)c1N1CCC(F)(F)CN1C. The second-order valence-corrected chi connectivity index (χ2v) is 5.02. The fourth-order valence-corrected chi connectivity index (χ4v) is 2.39. The Kier molecular flexibility index (Phi) is 6.75. The van der Waals surface area contributed by atoms with Crippen molar-refractivity contribution in [2.75, 3.05) is 39.4 Å². The van der Waals surface area contributed by atoms with E-state index in [0.29, 0.717) is 7.18 Å². The lowest BCUT2D eigenvalue weighted by Crippen LogP contribution is -2.53. The summed E-state index contributed by atoms with van der Waals surface area (Å²) in [5.74, 6) is -5.13. The normalized spacial score (nSPS) is 17.6. The zero-order valence-corrected chi connectivity index (χ0v) is 13.6. The van der Waals surface area contributed by atoms with Crippen LogP contribution in [0.25, 0.3) is 0 Å². The van der Waals surface area contributed by atoms with E-state index in [2.05, 4.69) is 4.74 Å². The molecule has 0 N–H and O–H groups in total. The van der Waals surface area contributed by atoms with Gasteiger partial charge in [-0.1, -0.05) is 0 Å². The maximum absolute atomic E-state index is 14.1. The second-order valence-electron chi connectivity index (χ2n) is 5.02. The standard InChI is InChI=1S/C13H14F6N2O2.CH3F/c1-20-7-12(15,16)5-6-21(20)10-8(14)3-4-9(11(10)22-2)23-13(17,18)19;1-2/h3-4H,5-7H2,1-2H3;1H3. The van der Waals surface area contributed by atoms with E-state index in [0.717, 1.165) is 29.3 Å². The average Bonchev–Trinajstić information content (AvgIpc) is 2.49. The molecule has 11 heteroatoms. The lowest BCUT2D eigenvalue weighted by Gasteiger charge is -2.41. The molecule has 0 unspecified atom stereocenters. The van der Waals surface area contributed by atoms with Crippen LogP contribution in [0.2, 0.25) is 0 Å². The molecule has 0 atom stereocenters. The van der Waals surface area contributed by atoms with Gasteiger partial charge in [0.05, 0.1) is 20.8 Å². The molecular weight excluding hydrogens is 361 g/mol. The highest BCUT2D eigenvalue weighted by Crippen LogP contribution is 2.43. The van der Waals surface area contributed by atoms with Gasteiger partial charge in [0.25, 0.3) is 5.92 Å². The maximum Gasteiger partial charge on any atom is 0.573 e. The van der Waals surface area contributed by atoms with Gasteiger partial charge in [-0.25, -0.2) is 18.2 Å². The predicted octanol–water partition coefficient (Wildman–Crippen LogP) is 4.01. The minimum atomic E-state index is -5.00. The molecule has 0 saturated carbocycles. The van der Waals surface area contributed by atoms with Gasteiger partial charge in [0, 0.05) is 20.0 Å². The van der Waals surface area contributed by atoms with Crippen molar-refractivity contribution >= 4 is 5.69 Å². The van der Waals surface area contributed by atoms with E-state index in [9.17, 15) is 30.7 Å². The first-order valence-electron chi connectivity index (χ1n) is 6.90. The summed E-state index contributed by atoms with van der Waals surface area (Å²) >= 11 is 0. The first-order valence-corrected chi connectivity index (χ1v) is 6.90. The van der Waals surface area contributed by atoms with Gasteiger partial charge in [0.1, 0.15) is 5.69 Å². The Morgan fingerprint density at radius 1 is 1.16 bits per heavy atom. The van der Waals surface area contributed by atoms with Gasteiger partial charge in [0.15, 0.2) is 17.3 Å². The minimum Gasteiger partial charge on any atom is -0.491 e. The van der Waals surface area contributed by atoms with E-state index in [1.807, 2.05) is 0 Å². The number of halogens is 7. The molecule has 1 aromatic carbocycles. The van der Waals surface area contributed by atoms with Gasteiger partial charge in [-0.05, 0) is 12.1 Å². The molecule has 1 aliphatic rings. The Balaban J connectivity index is 0.00000151. The van der Waals surface area contributed by atoms with Crippen LogP contribution in [0.3, 0.4) is 0 Å². The van der Waals surface area contributed by atoms with Crippen LogP contribution < -0.4 is 14.5 Å². The topological polar surface area (TPSA) is 24.9 Å². The summed E-state index contributed by atoms with van der Waals surface area (Å²) < 4.78 is 96.2. The number of rotatable bonds is 3. The van der Waals surface area contributed by atoms with E-state index in [1.54, 1.807) is 0 Å². The first kappa shape index (κ1) is 21.1. The van der Waals surface area contributed by atoms with Crippen LogP contribution in [-0.4, -0.2) is 51.7 Å². The minimum absolute atomic E-state index is 0.285. The lowest BCUT2D eigenvalue weighted by molar-refractivity contribution is -0.275. The number of ether oxygens (including phenoxy) is 2. The Hall–Kier alpha value is -1.91. The molecule has 0 radical (unpaired) electrons. The molecule has 1 fully saturated rings. The Morgan fingerprint density at radius 2 is 1.76 bits per heavy atom. The largest absolute Gasteiger partial charge is 0.573 e. The number of hydrogen-bond donors (Lipinski definition) is 0. The summed E-state index contributed by atoms with van der Waals surface area (Å²) in [6.45, 7) is -0.980. The molecule has 4 nitrogen and oxygen atoms in total. The number of benzene rings is 1. The number of anilines is 1. The van der Waals surface area contributed by atoms with E-state index in [1.165, 1.54) is 7.05 Å². The molecule has 2 rings (SSSR count). The van der Waals surface area contributed by atoms with E-state index in [4.69, 9.17) is 4.74 Å². The van der Waals surface area contributed by atoms with Gasteiger partial charge < -0.3 is 9.47 Å². The number of hydrogen-bond acceptors (Lipinski definition) is 4. The summed E-state index contributed by atoms with van der Waals surface area (Å²) in [4.78, 5) is 0. The summed E-state index contributed by atoms with van der Waals surface area (Å²) in [5, 5.41) is 2.14. The van der Waals surface area contributed by atoms with Gasteiger partial charge in [-0.2, -0.15) is 0 Å². The zero-order chi connectivity index (χ0) is 19.4. The molecule has 1 saturated heterocycles. The van der Waals surface area contributed by atoms with Crippen LogP contribution in [0.1, 0.15) is 6.42 Å². The van der Waals surface area contributed by atoms with Crippen molar-refractivity contribution in [2.45, 2.75) is 18.7 Å². The van der Waals surface area contributed by atoms with Crippen LogP contribution in [0, 0.1) is 5.82 Å². The number of alkyl halides is 6. The molecule has 0 amide bonds. The monoisotopic (exact) mass is 378 g/mol. The zero-order valence-electron chi connectivity index (χ0n) is 13.6. The van der Waals surface area contributed by atoms with Crippen LogP contribution in [-0.2, 0) is 0 Å². The van der Waals surface area contributed by atoms with E-state index < -0.39 is 42.6 Å². The van der Waals surface area contributed by atoms with E-state index in [-0.39, 0.29) is 12.2 Å². The Bertz CT molecular complexity index is 581. The van der Waals surface area contributed by atoms with Crippen molar-refractivity contribution in [1.29, 1.82) is 0 Å².